The average Bonchev–Trinajstić information content (AvgIpc) is 3.01. The van der Waals surface area contributed by atoms with Crippen LogP contribution in [-0.2, 0) is 16.9 Å². The molecule has 0 bridgehead atoms. The minimum absolute atomic E-state index is 0.147. The molecule has 3 rings (SSSR count). The molecule has 0 aliphatic carbocycles. The van der Waals surface area contributed by atoms with Crippen molar-refractivity contribution in [3.05, 3.63) is 48.1 Å². The summed E-state index contributed by atoms with van der Waals surface area (Å²) in [4.78, 5) is 3.87. The Balaban J connectivity index is 2.06. The first-order valence-corrected chi connectivity index (χ1v) is 6.27. The zero-order valence-electron chi connectivity index (χ0n) is 10.9. The largest absolute Gasteiger partial charge is 0.351 e. The van der Waals surface area contributed by atoms with E-state index >= 15 is 0 Å². The maximum atomic E-state index is 14.2. The highest BCUT2D eigenvalue weighted by Crippen LogP contribution is 2.36. The summed E-state index contributed by atoms with van der Waals surface area (Å²) in [7, 11) is 0. The van der Waals surface area contributed by atoms with Gasteiger partial charge in [-0.05, 0) is 13.0 Å². The van der Waals surface area contributed by atoms with Crippen molar-refractivity contribution in [2.24, 2.45) is 0 Å². The van der Waals surface area contributed by atoms with Crippen molar-refractivity contribution >= 4 is 0 Å². The molecule has 7 heteroatoms. The quantitative estimate of drug-likeness (QED) is 0.924. The Morgan fingerprint density at radius 1 is 1.50 bits per heavy atom. The molecule has 1 aromatic carbocycles. The highest BCUT2D eigenvalue weighted by Gasteiger charge is 2.45. The van der Waals surface area contributed by atoms with E-state index in [0.29, 0.717) is 18.8 Å². The Morgan fingerprint density at radius 3 is 2.95 bits per heavy atom. The smallest absolute Gasteiger partial charge is 0.137 e. The number of halogens is 2. The van der Waals surface area contributed by atoms with Gasteiger partial charge in [0.1, 0.15) is 29.9 Å². The van der Waals surface area contributed by atoms with Gasteiger partial charge in [0.2, 0.25) is 0 Å². The van der Waals surface area contributed by atoms with E-state index in [9.17, 15) is 8.78 Å². The molecular weight excluding hydrogens is 266 g/mol. The monoisotopic (exact) mass is 280 g/mol. The lowest BCUT2D eigenvalue weighted by Gasteiger charge is -2.32. The SMILES string of the molecule is C[C@H]1NCO[C@@]1(Cn1cncn1)c1ccc(F)cc1F. The van der Waals surface area contributed by atoms with Gasteiger partial charge in [-0.2, -0.15) is 5.10 Å². The fourth-order valence-electron chi connectivity index (χ4n) is 2.55. The van der Waals surface area contributed by atoms with Crippen LogP contribution in [0, 0.1) is 11.6 Å². The summed E-state index contributed by atoms with van der Waals surface area (Å²) in [6.45, 7) is 2.49. The van der Waals surface area contributed by atoms with Gasteiger partial charge in [-0.1, -0.05) is 6.07 Å². The van der Waals surface area contributed by atoms with Crippen molar-refractivity contribution < 1.29 is 13.5 Å². The molecule has 1 aliphatic heterocycles. The summed E-state index contributed by atoms with van der Waals surface area (Å²) >= 11 is 0. The van der Waals surface area contributed by atoms with Crippen LogP contribution in [0.1, 0.15) is 12.5 Å². The molecule has 20 heavy (non-hydrogen) atoms. The summed E-state index contributed by atoms with van der Waals surface area (Å²) in [6.07, 6.45) is 2.94. The lowest BCUT2D eigenvalue weighted by Crippen LogP contribution is -2.43. The Morgan fingerprint density at radius 2 is 2.35 bits per heavy atom. The van der Waals surface area contributed by atoms with Crippen LogP contribution in [0.25, 0.3) is 0 Å². The minimum Gasteiger partial charge on any atom is -0.351 e. The maximum Gasteiger partial charge on any atom is 0.137 e. The Labute approximate surface area is 114 Å². The molecule has 1 saturated heterocycles. The number of nitrogens with one attached hydrogen (secondary N) is 1. The van der Waals surface area contributed by atoms with E-state index < -0.39 is 17.2 Å². The second kappa shape index (κ2) is 4.92. The normalized spacial score (nSPS) is 26.1. The van der Waals surface area contributed by atoms with E-state index in [2.05, 4.69) is 15.4 Å². The number of rotatable bonds is 3. The number of benzene rings is 1. The highest BCUT2D eigenvalue weighted by molar-refractivity contribution is 5.28. The molecule has 1 aromatic heterocycles. The topological polar surface area (TPSA) is 52.0 Å². The van der Waals surface area contributed by atoms with Crippen molar-refractivity contribution in [1.29, 1.82) is 0 Å². The summed E-state index contributed by atoms with van der Waals surface area (Å²) < 4.78 is 34.6. The van der Waals surface area contributed by atoms with Crippen molar-refractivity contribution in [3.8, 4) is 0 Å². The van der Waals surface area contributed by atoms with E-state index in [4.69, 9.17) is 4.74 Å². The van der Waals surface area contributed by atoms with Crippen molar-refractivity contribution in [2.75, 3.05) is 6.73 Å². The van der Waals surface area contributed by atoms with Crippen LogP contribution >= 0.6 is 0 Å². The molecule has 0 radical (unpaired) electrons. The minimum atomic E-state index is -0.939. The number of hydrogen-bond donors (Lipinski definition) is 1. The molecule has 1 fully saturated rings. The standard InChI is InChI=1S/C13H14F2N4O/c1-9-13(20-8-17-9,5-19-7-16-6-18-19)11-3-2-10(14)4-12(11)15/h2-4,6-7,9,17H,5,8H2,1H3/t9-,13-/m1/s1. The second-order valence-corrected chi connectivity index (χ2v) is 4.82. The van der Waals surface area contributed by atoms with Gasteiger partial charge in [0, 0.05) is 17.7 Å². The predicted octanol–water partition coefficient (Wildman–Crippen LogP) is 1.42. The molecule has 0 saturated carbocycles. The first-order chi connectivity index (χ1) is 9.62. The second-order valence-electron chi connectivity index (χ2n) is 4.82. The summed E-state index contributed by atoms with van der Waals surface area (Å²) in [5, 5.41) is 7.15. The fourth-order valence-corrected chi connectivity index (χ4v) is 2.55. The van der Waals surface area contributed by atoms with Gasteiger partial charge in [0.15, 0.2) is 0 Å². The number of hydrogen-bond acceptors (Lipinski definition) is 4. The molecule has 1 N–H and O–H groups in total. The van der Waals surface area contributed by atoms with E-state index in [1.165, 1.54) is 24.8 Å². The third-order valence-corrected chi connectivity index (χ3v) is 3.67. The maximum absolute atomic E-state index is 14.2. The van der Waals surface area contributed by atoms with E-state index in [1.807, 2.05) is 6.92 Å². The van der Waals surface area contributed by atoms with Crippen LogP contribution in [0.4, 0.5) is 8.78 Å². The van der Waals surface area contributed by atoms with Crippen LogP contribution in [0.15, 0.2) is 30.9 Å². The number of nitrogens with zero attached hydrogens (tertiary/aromatic N) is 3. The van der Waals surface area contributed by atoms with Crippen LogP contribution in [0.2, 0.25) is 0 Å². The van der Waals surface area contributed by atoms with Crippen LogP contribution in [-0.4, -0.2) is 27.5 Å². The third kappa shape index (κ3) is 2.08. The van der Waals surface area contributed by atoms with Crippen LogP contribution in [0.3, 0.4) is 0 Å². The van der Waals surface area contributed by atoms with Gasteiger partial charge >= 0.3 is 0 Å². The van der Waals surface area contributed by atoms with E-state index in [-0.39, 0.29) is 6.04 Å². The average molecular weight is 280 g/mol. The molecule has 106 valence electrons. The molecule has 5 nitrogen and oxygen atoms in total. The Kier molecular flexibility index (Phi) is 3.23. The van der Waals surface area contributed by atoms with Crippen LogP contribution < -0.4 is 5.32 Å². The van der Waals surface area contributed by atoms with Gasteiger partial charge in [-0.15, -0.1) is 0 Å². The zero-order valence-corrected chi connectivity index (χ0v) is 10.9. The van der Waals surface area contributed by atoms with Crippen molar-refractivity contribution in [2.45, 2.75) is 25.1 Å². The van der Waals surface area contributed by atoms with Gasteiger partial charge < -0.3 is 4.74 Å². The first kappa shape index (κ1) is 13.1. The van der Waals surface area contributed by atoms with Gasteiger partial charge in [0.25, 0.3) is 0 Å². The molecule has 0 amide bonds. The highest BCUT2D eigenvalue weighted by atomic mass is 19.1. The van der Waals surface area contributed by atoms with Gasteiger partial charge in [0.05, 0.1) is 13.3 Å². The van der Waals surface area contributed by atoms with E-state index in [0.717, 1.165) is 6.07 Å². The molecule has 0 spiro atoms. The first-order valence-electron chi connectivity index (χ1n) is 6.27. The molecule has 2 aromatic rings. The summed E-state index contributed by atoms with van der Waals surface area (Å²) in [5.74, 6) is -1.23. The summed E-state index contributed by atoms with van der Waals surface area (Å²) in [6, 6.07) is 3.38. The third-order valence-electron chi connectivity index (χ3n) is 3.67. The van der Waals surface area contributed by atoms with Gasteiger partial charge in [-0.3, -0.25) is 5.32 Å². The van der Waals surface area contributed by atoms with Gasteiger partial charge in [-0.25, -0.2) is 18.4 Å². The van der Waals surface area contributed by atoms with Crippen molar-refractivity contribution in [1.82, 2.24) is 20.1 Å². The molecular formula is C13H14F2N4O. The van der Waals surface area contributed by atoms with E-state index in [1.54, 1.807) is 4.68 Å². The number of ether oxygens (including phenoxy) is 1. The molecule has 1 aliphatic rings. The summed E-state index contributed by atoms with van der Waals surface area (Å²) in [5.41, 5.74) is -0.627. The zero-order chi connectivity index (χ0) is 14.2. The molecule has 2 atom stereocenters. The fraction of sp³-hybridized carbons (Fsp3) is 0.385. The Hall–Kier alpha value is -1.86. The van der Waals surface area contributed by atoms with Crippen molar-refractivity contribution in [3.63, 3.8) is 0 Å². The predicted molar refractivity (Wildman–Crippen MR) is 66.6 cm³/mol. The number of aromatic nitrogens is 3. The lowest BCUT2D eigenvalue weighted by molar-refractivity contribution is -0.0267. The van der Waals surface area contributed by atoms with Crippen LogP contribution in [0.5, 0.6) is 0 Å². The lowest BCUT2D eigenvalue weighted by atomic mass is 9.87. The molecule has 0 unspecified atom stereocenters. The molecule has 2 heterocycles. The Bertz CT molecular complexity index is 604.